The third-order valence-electron chi connectivity index (χ3n) is 4.10. The van der Waals surface area contributed by atoms with Gasteiger partial charge in [0.2, 0.25) is 5.95 Å². The molecule has 0 radical (unpaired) electrons. The summed E-state index contributed by atoms with van der Waals surface area (Å²) in [5.41, 5.74) is 1.23. The highest BCUT2D eigenvalue weighted by atomic mass is 35.5. The Morgan fingerprint density at radius 3 is 2.64 bits per heavy atom. The zero-order chi connectivity index (χ0) is 17.3. The van der Waals surface area contributed by atoms with Crippen LogP contribution in [0.2, 0.25) is 5.02 Å². The van der Waals surface area contributed by atoms with E-state index < -0.39 is 0 Å². The van der Waals surface area contributed by atoms with Gasteiger partial charge in [0, 0.05) is 43.9 Å². The molecule has 0 unspecified atom stereocenters. The monoisotopic (exact) mass is 361 g/mol. The summed E-state index contributed by atoms with van der Waals surface area (Å²) in [6.07, 6.45) is 2.67. The second-order valence-electron chi connectivity index (χ2n) is 5.95. The number of halogens is 1. The Morgan fingerprint density at radius 2 is 1.84 bits per heavy atom. The molecule has 0 amide bonds. The van der Waals surface area contributed by atoms with Crippen LogP contribution >= 0.6 is 11.6 Å². The van der Waals surface area contributed by atoms with Crippen molar-refractivity contribution >= 4 is 23.4 Å². The molecule has 7 heteroatoms. The van der Waals surface area contributed by atoms with E-state index in [2.05, 4.69) is 25.5 Å². The summed E-state index contributed by atoms with van der Waals surface area (Å²) in [7, 11) is 0. The summed E-state index contributed by atoms with van der Waals surface area (Å²) in [6, 6.07) is 9.78. The van der Waals surface area contributed by atoms with Gasteiger partial charge in [0.15, 0.2) is 0 Å². The van der Waals surface area contributed by atoms with Crippen LogP contribution in [0.1, 0.15) is 5.56 Å². The number of ether oxygens (including phenoxy) is 1. The first-order valence-electron chi connectivity index (χ1n) is 8.65. The van der Waals surface area contributed by atoms with E-state index in [1.54, 1.807) is 6.20 Å². The average molecular weight is 362 g/mol. The van der Waals surface area contributed by atoms with Crippen molar-refractivity contribution in [2.45, 2.75) is 6.42 Å². The number of anilines is 2. The number of hydrogen-bond acceptors (Lipinski definition) is 6. The average Bonchev–Trinajstić information content (AvgIpc) is 2.65. The zero-order valence-corrected chi connectivity index (χ0v) is 15.0. The van der Waals surface area contributed by atoms with Gasteiger partial charge >= 0.3 is 0 Å². The Labute approximate surface area is 153 Å². The molecule has 2 heterocycles. The number of rotatable bonds is 8. The predicted octanol–water partition coefficient (Wildman–Crippen LogP) is 2.53. The Bertz CT molecular complexity index is 646. The molecular weight excluding hydrogens is 338 g/mol. The largest absolute Gasteiger partial charge is 0.379 e. The second-order valence-corrected chi connectivity index (χ2v) is 6.39. The van der Waals surface area contributed by atoms with Crippen LogP contribution in [-0.2, 0) is 11.2 Å². The van der Waals surface area contributed by atoms with Crippen molar-refractivity contribution in [1.82, 2.24) is 14.9 Å². The van der Waals surface area contributed by atoms with Gasteiger partial charge in [-0.2, -0.15) is 4.98 Å². The highest BCUT2D eigenvalue weighted by Gasteiger charge is 2.09. The van der Waals surface area contributed by atoms with Crippen LogP contribution in [0.15, 0.2) is 36.5 Å². The first-order chi connectivity index (χ1) is 12.3. The van der Waals surface area contributed by atoms with Gasteiger partial charge in [-0.3, -0.25) is 4.90 Å². The van der Waals surface area contributed by atoms with Crippen LogP contribution in [-0.4, -0.2) is 60.8 Å². The van der Waals surface area contributed by atoms with Crippen molar-refractivity contribution in [1.29, 1.82) is 0 Å². The second kappa shape index (κ2) is 9.56. The van der Waals surface area contributed by atoms with Crippen LogP contribution in [0, 0.1) is 0 Å². The fourth-order valence-corrected chi connectivity index (χ4v) is 2.80. The summed E-state index contributed by atoms with van der Waals surface area (Å²) in [4.78, 5) is 11.2. The maximum absolute atomic E-state index is 5.90. The molecule has 1 aromatic carbocycles. The summed E-state index contributed by atoms with van der Waals surface area (Å²) >= 11 is 5.90. The molecule has 2 N–H and O–H groups in total. The van der Waals surface area contributed by atoms with Gasteiger partial charge < -0.3 is 15.4 Å². The SMILES string of the molecule is Clc1ccc(CCNc2nccc(NCCN3CCOCC3)n2)cc1. The van der Waals surface area contributed by atoms with Crippen LogP contribution in [0.25, 0.3) is 0 Å². The van der Waals surface area contributed by atoms with E-state index in [1.807, 2.05) is 30.3 Å². The molecule has 1 aliphatic heterocycles. The Morgan fingerprint density at radius 1 is 1.04 bits per heavy atom. The molecule has 134 valence electrons. The van der Waals surface area contributed by atoms with E-state index in [4.69, 9.17) is 16.3 Å². The van der Waals surface area contributed by atoms with E-state index in [0.29, 0.717) is 5.95 Å². The maximum Gasteiger partial charge on any atom is 0.224 e. The molecule has 25 heavy (non-hydrogen) atoms. The molecule has 3 rings (SSSR count). The summed E-state index contributed by atoms with van der Waals surface area (Å²) < 4.78 is 5.36. The Kier molecular flexibility index (Phi) is 6.85. The summed E-state index contributed by atoms with van der Waals surface area (Å²) in [6.45, 7) is 6.29. The highest BCUT2D eigenvalue weighted by Crippen LogP contribution is 2.10. The molecule has 2 aromatic rings. The molecule has 0 bridgehead atoms. The van der Waals surface area contributed by atoms with Gasteiger partial charge in [-0.1, -0.05) is 23.7 Å². The fourth-order valence-electron chi connectivity index (χ4n) is 2.68. The summed E-state index contributed by atoms with van der Waals surface area (Å²) in [5, 5.41) is 7.38. The number of benzene rings is 1. The first-order valence-corrected chi connectivity index (χ1v) is 9.03. The maximum atomic E-state index is 5.90. The first kappa shape index (κ1) is 17.9. The third kappa shape index (κ3) is 6.16. The Hall–Kier alpha value is -1.89. The fraction of sp³-hybridized carbons (Fsp3) is 0.444. The molecule has 1 saturated heterocycles. The standard InChI is InChI=1S/C18H24ClN5O/c19-16-3-1-15(2-4-16)5-7-21-18-22-8-6-17(23-18)20-9-10-24-11-13-25-14-12-24/h1-4,6,8H,5,7,9-14H2,(H2,20,21,22,23). The number of morpholine rings is 1. The third-order valence-corrected chi connectivity index (χ3v) is 4.36. The molecule has 0 atom stereocenters. The minimum Gasteiger partial charge on any atom is -0.379 e. The quantitative estimate of drug-likeness (QED) is 0.753. The van der Waals surface area contributed by atoms with Crippen LogP contribution < -0.4 is 10.6 Å². The predicted molar refractivity (Wildman–Crippen MR) is 101 cm³/mol. The van der Waals surface area contributed by atoms with E-state index in [-0.39, 0.29) is 0 Å². The van der Waals surface area contributed by atoms with Crippen molar-refractivity contribution in [3.05, 3.63) is 47.1 Å². The zero-order valence-electron chi connectivity index (χ0n) is 14.2. The van der Waals surface area contributed by atoms with E-state index in [9.17, 15) is 0 Å². The molecule has 1 fully saturated rings. The minimum atomic E-state index is 0.644. The van der Waals surface area contributed by atoms with E-state index in [0.717, 1.165) is 63.2 Å². The lowest BCUT2D eigenvalue weighted by Gasteiger charge is -2.26. The summed E-state index contributed by atoms with van der Waals surface area (Å²) in [5.74, 6) is 1.49. The van der Waals surface area contributed by atoms with Crippen molar-refractivity contribution in [2.75, 3.05) is 56.6 Å². The van der Waals surface area contributed by atoms with Gasteiger partial charge in [0.25, 0.3) is 0 Å². The number of aromatic nitrogens is 2. The van der Waals surface area contributed by atoms with Gasteiger partial charge in [0.1, 0.15) is 5.82 Å². The van der Waals surface area contributed by atoms with Crippen molar-refractivity contribution in [3.63, 3.8) is 0 Å². The molecule has 0 saturated carbocycles. The number of hydrogen-bond donors (Lipinski definition) is 2. The van der Waals surface area contributed by atoms with Gasteiger partial charge in [-0.15, -0.1) is 0 Å². The lowest BCUT2D eigenvalue weighted by molar-refractivity contribution is 0.0398. The van der Waals surface area contributed by atoms with Crippen molar-refractivity contribution in [3.8, 4) is 0 Å². The number of nitrogens with zero attached hydrogens (tertiary/aromatic N) is 3. The molecule has 6 nitrogen and oxygen atoms in total. The minimum absolute atomic E-state index is 0.644. The van der Waals surface area contributed by atoms with Crippen molar-refractivity contribution in [2.24, 2.45) is 0 Å². The lowest BCUT2D eigenvalue weighted by atomic mass is 10.1. The molecular formula is C18H24ClN5O. The molecule has 0 spiro atoms. The molecule has 0 aliphatic carbocycles. The Balaban J connectivity index is 1.40. The number of nitrogens with one attached hydrogen (secondary N) is 2. The van der Waals surface area contributed by atoms with E-state index >= 15 is 0 Å². The van der Waals surface area contributed by atoms with Crippen LogP contribution in [0.5, 0.6) is 0 Å². The van der Waals surface area contributed by atoms with Crippen LogP contribution in [0.4, 0.5) is 11.8 Å². The lowest BCUT2D eigenvalue weighted by Crippen LogP contribution is -2.39. The van der Waals surface area contributed by atoms with Crippen molar-refractivity contribution < 1.29 is 4.74 Å². The molecule has 1 aliphatic rings. The van der Waals surface area contributed by atoms with Gasteiger partial charge in [0.05, 0.1) is 13.2 Å². The van der Waals surface area contributed by atoms with Crippen LogP contribution in [0.3, 0.4) is 0 Å². The van der Waals surface area contributed by atoms with E-state index in [1.165, 1.54) is 5.56 Å². The highest BCUT2D eigenvalue weighted by molar-refractivity contribution is 6.30. The molecule has 1 aromatic heterocycles. The topological polar surface area (TPSA) is 62.3 Å². The normalized spacial score (nSPS) is 15.1. The van der Waals surface area contributed by atoms with Gasteiger partial charge in [-0.25, -0.2) is 4.98 Å². The smallest absolute Gasteiger partial charge is 0.224 e. The van der Waals surface area contributed by atoms with Gasteiger partial charge in [-0.05, 0) is 30.2 Å².